The van der Waals surface area contributed by atoms with Gasteiger partial charge in [-0.1, -0.05) is 6.92 Å². The van der Waals surface area contributed by atoms with Gasteiger partial charge < -0.3 is 10.5 Å². The van der Waals surface area contributed by atoms with E-state index in [2.05, 4.69) is 0 Å². The molecule has 6 heteroatoms. The molecule has 1 aliphatic carbocycles. The molecule has 0 atom stereocenters. The summed E-state index contributed by atoms with van der Waals surface area (Å²) in [6, 6.07) is 0.368. The molecule has 18 heavy (non-hydrogen) atoms. The Labute approximate surface area is 111 Å². The Morgan fingerprint density at radius 2 is 1.83 bits per heavy atom. The van der Waals surface area contributed by atoms with Gasteiger partial charge in [0, 0.05) is 25.2 Å². The van der Waals surface area contributed by atoms with Crippen LogP contribution in [0.3, 0.4) is 0 Å². The number of hydrogen-bond donors (Lipinski definition) is 1. The summed E-state index contributed by atoms with van der Waals surface area (Å²) in [5, 5.41) is 0. The number of rotatable bonds is 7. The fourth-order valence-corrected chi connectivity index (χ4v) is 4.12. The van der Waals surface area contributed by atoms with E-state index in [-0.39, 0.29) is 24.4 Å². The van der Waals surface area contributed by atoms with Crippen LogP contribution in [-0.4, -0.2) is 50.3 Å². The van der Waals surface area contributed by atoms with Crippen molar-refractivity contribution in [3.05, 3.63) is 0 Å². The van der Waals surface area contributed by atoms with E-state index in [9.17, 15) is 8.42 Å². The molecule has 0 amide bonds. The molecule has 2 N–H and O–H groups in total. The van der Waals surface area contributed by atoms with Crippen LogP contribution in [0, 0.1) is 0 Å². The fourth-order valence-electron chi connectivity index (χ4n) is 2.50. The van der Waals surface area contributed by atoms with E-state index in [1.165, 1.54) is 0 Å². The monoisotopic (exact) mass is 278 g/mol. The van der Waals surface area contributed by atoms with Crippen LogP contribution in [0.4, 0.5) is 0 Å². The molecule has 0 spiro atoms. The minimum absolute atomic E-state index is 0.0806. The first-order valence-corrected chi connectivity index (χ1v) is 8.45. The van der Waals surface area contributed by atoms with Gasteiger partial charge in [0.05, 0.1) is 12.4 Å². The van der Waals surface area contributed by atoms with Crippen LogP contribution >= 0.6 is 0 Å². The molecule has 0 radical (unpaired) electrons. The van der Waals surface area contributed by atoms with Gasteiger partial charge in [-0.2, -0.15) is 4.31 Å². The summed E-state index contributed by atoms with van der Waals surface area (Å²) in [7, 11) is -3.19. The second-order valence-corrected chi connectivity index (χ2v) is 6.83. The van der Waals surface area contributed by atoms with Crippen molar-refractivity contribution in [3.63, 3.8) is 0 Å². The standard InChI is InChI=1S/C12H26N2O3S/c1-3-14(12-7-5-11(13)6-8-12)18(15,16)10-9-17-4-2/h11-12H,3-10,13H2,1-2H3. The molecule has 1 aliphatic rings. The van der Waals surface area contributed by atoms with Crippen molar-refractivity contribution in [3.8, 4) is 0 Å². The van der Waals surface area contributed by atoms with Crippen LogP contribution in [0.25, 0.3) is 0 Å². The highest BCUT2D eigenvalue weighted by Gasteiger charge is 2.30. The number of nitrogens with zero attached hydrogens (tertiary/aromatic N) is 1. The lowest BCUT2D eigenvalue weighted by Crippen LogP contribution is -2.45. The lowest BCUT2D eigenvalue weighted by Gasteiger charge is -2.34. The molecule has 0 saturated heterocycles. The average Bonchev–Trinajstić information content (AvgIpc) is 2.32. The highest BCUT2D eigenvalue weighted by Crippen LogP contribution is 2.24. The number of sulfonamides is 1. The Hall–Kier alpha value is -0.170. The van der Waals surface area contributed by atoms with E-state index in [0.717, 1.165) is 25.7 Å². The van der Waals surface area contributed by atoms with Crippen LogP contribution in [0.15, 0.2) is 0 Å². The van der Waals surface area contributed by atoms with Crippen molar-refractivity contribution >= 4 is 10.0 Å². The van der Waals surface area contributed by atoms with Gasteiger partial charge >= 0.3 is 0 Å². The maximum absolute atomic E-state index is 12.2. The Morgan fingerprint density at radius 3 is 2.33 bits per heavy atom. The van der Waals surface area contributed by atoms with E-state index in [0.29, 0.717) is 13.2 Å². The molecule has 0 aromatic heterocycles. The summed E-state index contributed by atoms with van der Waals surface area (Å²) < 4.78 is 31.2. The van der Waals surface area contributed by atoms with Crippen molar-refractivity contribution in [1.29, 1.82) is 0 Å². The molecule has 0 aliphatic heterocycles. The Balaban J connectivity index is 2.58. The van der Waals surface area contributed by atoms with Crippen LogP contribution in [0.5, 0.6) is 0 Å². The summed E-state index contributed by atoms with van der Waals surface area (Å²) in [6.45, 7) is 5.13. The number of hydrogen-bond acceptors (Lipinski definition) is 4. The summed E-state index contributed by atoms with van der Waals surface area (Å²) in [5.41, 5.74) is 5.86. The largest absolute Gasteiger partial charge is 0.381 e. The van der Waals surface area contributed by atoms with Crippen LogP contribution in [0.2, 0.25) is 0 Å². The SMILES string of the molecule is CCOCCS(=O)(=O)N(CC)C1CCC(N)CC1. The molecule has 0 heterocycles. The summed E-state index contributed by atoms with van der Waals surface area (Å²) >= 11 is 0. The van der Waals surface area contributed by atoms with E-state index < -0.39 is 10.0 Å². The molecule has 0 unspecified atom stereocenters. The molecular formula is C12H26N2O3S. The van der Waals surface area contributed by atoms with Crippen molar-refractivity contribution in [2.45, 2.75) is 51.6 Å². The lowest BCUT2D eigenvalue weighted by molar-refractivity contribution is 0.161. The first kappa shape index (κ1) is 15.9. The Bertz CT molecular complexity index is 324. The zero-order valence-corrected chi connectivity index (χ0v) is 12.3. The zero-order valence-electron chi connectivity index (χ0n) is 11.5. The van der Waals surface area contributed by atoms with Crippen molar-refractivity contribution in [1.82, 2.24) is 4.31 Å². The van der Waals surface area contributed by atoms with Gasteiger partial charge in [-0.05, 0) is 32.6 Å². The third-order valence-corrected chi connectivity index (χ3v) is 5.46. The maximum atomic E-state index is 12.2. The third kappa shape index (κ3) is 4.50. The second-order valence-electron chi connectivity index (χ2n) is 4.78. The summed E-state index contributed by atoms with van der Waals surface area (Å²) in [6.07, 6.45) is 3.59. The Kier molecular flexibility index (Phi) is 6.55. The molecule has 1 fully saturated rings. The fraction of sp³-hybridized carbons (Fsp3) is 1.00. The maximum Gasteiger partial charge on any atom is 0.216 e. The van der Waals surface area contributed by atoms with E-state index >= 15 is 0 Å². The van der Waals surface area contributed by atoms with E-state index in [1.54, 1.807) is 4.31 Å². The third-order valence-electron chi connectivity index (χ3n) is 3.51. The molecule has 5 nitrogen and oxygen atoms in total. The second kappa shape index (κ2) is 7.43. The normalized spacial score (nSPS) is 25.6. The highest BCUT2D eigenvalue weighted by atomic mass is 32.2. The van der Waals surface area contributed by atoms with Gasteiger partial charge in [0.1, 0.15) is 0 Å². The minimum atomic E-state index is -3.19. The van der Waals surface area contributed by atoms with Gasteiger partial charge in [0.15, 0.2) is 0 Å². The topological polar surface area (TPSA) is 72.6 Å². The zero-order chi connectivity index (χ0) is 13.6. The Morgan fingerprint density at radius 1 is 1.22 bits per heavy atom. The van der Waals surface area contributed by atoms with Gasteiger partial charge in [0.2, 0.25) is 10.0 Å². The molecule has 1 saturated carbocycles. The molecular weight excluding hydrogens is 252 g/mol. The van der Waals surface area contributed by atoms with Gasteiger partial charge in [-0.15, -0.1) is 0 Å². The predicted octanol–water partition coefficient (Wildman–Crippen LogP) is 0.945. The van der Waals surface area contributed by atoms with Gasteiger partial charge in [0.25, 0.3) is 0 Å². The molecule has 0 aromatic rings. The van der Waals surface area contributed by atoms with Crippen molar-refractivity contribution < 1.29 is 13.2 Å². The molecule has 0 aromatic carbocycles. The quantitative estimate of drug-likeness (QED) is 0.704. The highest BCUT2D eigenvalue weighted by molar-refractivity contribution is 7.89. The van der Waals surface area contributed by atoms with Gasteiger partial charge in [-0.3, -0.25) is 0 Å². The molecule has 0 bridgehead atoms. The van der Waals surface area contributed by atoms with E-state index in [1.807, 2.05) is 13.8 Å². The van der Waals surface area contributed by atoms with Crippen LogP contribution in [0.1, 0.15) is 39.5 Å². The predicted molar refractivity (Wildman–Crippen MR) is 72.9 cm³/mol. The number of ether oxygens (including phenoxy) is 1. The van der Waals surface area contributed by atoms with Gasteiger partial charge in [-0.25, -0.2) is 8.42 Å². The number of nitrogens with two attached hydrogens (primary N) is 1. The van der Waals surface area contributed by atoms with Crippen LogP contribution in [-0.2, 0) is 14.8 Å². The molecule has 1 rings (SSSR count). The minimum Gasteiger partial charge on any atom is -0.381 e. The molecule has 108 valence electrons. The smallest absolute Gasteiger partial charge is 0.216 e. The van der Waals surface area contributed by atoms with E-state index in [4.69, 9.17) is 10.5 Å². The van der Waals surface area contributed by atoms with Crippen LogP contribution < -0.4 is 5.73 Å². The first-order valence-electron chi connectivity index (χ1n) is 6.84. The van der Waals surface area contributed by atoms with Crippen molar-refractivity contribution in [2.75, 3.05) is 25.5 Å². The van der Waals surface area contributed by atoms with Crippen molar-refractivity contribution in [2.24, 2.45) is 5.73 Å². The average molecular weight is 278 g/mol. The summed E-state index contributed by atoms with van der Waals surface area (Å²) in [4.78, 5) is 0. The first-order chi connectivity index (χ1) is 8.51. The summed E-state index contributed by atoms with van der Waals surface area (Å²) in [5.74, 6) is 0.0806. The lowest BCUT2D eigenvalue weighted by atomic mass is 9.92.